The normalized spacial score (nSPS) is 18.3. The molecule has 0 N–H and O–H groups in total. The van der Waals surface area contributed by atoms with Crippen LogP contribution in [0.15, 0.2) is 6.33 Å². The highest BCUT2D eigenvalue weighted by molar-refractivity contribution is 14.1. The first-order valence-electron chi connectivity index (χ1n) is 4.76. The minimum Gasteiger partial charge on any atom is -0.337 e. The van der Waals surface area contributed by atoms with Crippen LogP contribution in [0.25, 0.3) is 0 Å². The minimum atomic E-state index is 1.15. The molecule has 1 aromatic heterocycles. The molecule has 0 unspecified atom stereocenters. The Bertz CT molecular complexity index is 268. The number of hydrogen-bond acceptors (Lipinski definition) is 1. The van der Waals surface area contributed by atoms with Crippen molar-refractivity contribution in [3.05, 3.63) is 21.6 Å². The van der Waals surface area contributed by atoms with Crippen LogP contribution in [-0.2, 0) is 13.5 Å². The second kappa shape index (κ2) is 3.98. The first-order valence-corrected chi connectivity index (χ1v) is 5.84. The molecule has 0 amide bonds. The Hall–Kier alpha value is -0.0600. The summed E-state index contributed by atoms with van der Waals surface area (Å²) >= 11 is 2.32. The average Bonchev–Trinajstić information content (AvgIpc) is 2.70. The number of hydrogen-bond donors (Lipinski definition) is 0. The van der Waals surface area contributed by atoms with Crippen LogP contribution in [0, 0.1) is 9.62 Å². The fraction of sp³-hybridized carbons (Fsp3) is 0.600. The van der Waals surface area contributed by atoms with Crippen molar-refractivity contribution in [2.75, 3.05) is 0 Å². The van der Waals surface area contributed by atoms with Gasteiger partial charge in [0.25, 0.3) is 0 Å². The molecule has 1 aromatic rings. The van der Waals surface area contributed by atoms with Crippen molar-refractivity contribution in [1.29, 1.82) is 0 Å². The molecule has 1 heterocycles. The lowest BCUT2D eigenvalue weighted by atomic mass is 10.0. The Balaban J connectivity index is 2.07. The van der Waals surface area contributed by atoms with Gasteiger partial charge < -0.3 is 4.57 Å². The Kier molecular flexibility index (Phi) is 2.91. The molecule has 0 saturated heterocycles. The van der Waals surface area contributed by atoms with Crippen LogP contribution in [0.2, 0.25) is 0 Å². The number of rotatable bonds is 2. The van der Waals surface area contributed by atoms with Crippen LogP contribution < -0.4 is 0 Å². The van der Waals surface area contributed by atoms with Crippen LogP contribution in [0.4, 0.5) is 0 Å². The van der Waals surface area contributed by atoms with Crippen LogP contribution in [0.3, 0.4) is 0 Å². The summed E-state index contributed by atoms with van der Waals surface area (Å²) in [6, 6.07) is 0. The van der Waals surface area contributed by atoms with Gasteiger partial charge in [-0.15, -0.1) is 0 Å². The standard InChI is InChI=1S/C10H14IN2/c1-13-7-12-10(11)9(13)6-8-4-2-3-5-8/h7H,2-6H2,1H3. The van der Waals surface area contributed by atoms with Gasteiger partial charge in [-0.3, -0.25) is 0 Å². The molecular weight excluding hydrogens is 275 g/mol. The Morgan fingerprint density at radius 3 is 2.69 bits per heavy atom. The van der Waals surface area contributed by atoms with Gasteiger partial charge in [-0.05, 0) is 47.8 Å². The van der Waals surface area contributed by atoms with Crippen molar-refractivity contribution < 1.29 is 0 Å². The van der Waals surface area contributed by atoms with Crippen LogP contribution in [0.1, 0.15) is 31.4 Å². The Morgan fingerprint density at radius 1 is 1.46 bits per heavy atom. The topological polar surface area (TPSA) is 17.8 Å². The first kappa shape index (κ1) is 9.49. The maximum atomic E-state index is 4.29. The molecule has 0 atom stereocenters. The zero-order valence-electron chi connectivity index (χ0n) is 7.89. The van der Waals surface area contributed by atoms with E-state index in [1.807, 2.05) is 6.33 Å². The van der Waals surface area contributed by atoms with Crippen molar-refractivity contribution in [2.45, 2.75) is 32.1 Å². The molecule has 1 aliphatic rings. The summed E-state index contributed by atoms with van der Waals surface area (Å²) in [7, 11) is 2.08. The molecule has 0 aromatic carbocycles. The minimum absolute atomic E-state index is 1.15. The number of nitrogens with zero attached hydrogens (tertiary/aromatic N) is 2. The zero-order valence-corrected chi connectivity index (χ0v) is 10.0. The molecule has 2 rings (SSSR count). The third-order valence-electron chi connectivity index (χ3n) is 2.74. The predicted molar refractivity (Wildman–Crippen MR) is 61.3 cm³/mol. The summed E-state index contributed by atoms with van der Waals surface area (Å²) < 4.78 is 3.31. The molecule has 1 saturated carbocycles. The highest BCUT2D eigenvalue weighted by Gasteiger charge is 2.18. The lowest BCUT2D eigenvalue weighted by Gasteiger charge is -2.08. The molecule has 1 radical (unpaired) electrons. The van der Waals surface area contributed by atoms with Crippen molar-refractivity contribution in [2.24, 2.45) is 7.05 Å². The van der Waals surface area contributed by atoms with Crippen LogP contribution in [-0.4, -0.2) is 9.55 Å². The van der Waals surface area contributed by atoms with Gasteiger partial charge in [0.1, 0.15) is 3.70 Å². The molecule has 3 heteroatoms. The monoisotopic (exact) mass is 289 g/mol. The number of imidazole rings is 1. The van der Waals surface area contributed by atoms with E-state index in [0.29, 0.717) is 0 Å². The van der Waals surface area contributed by atoms with E-state index in [-0.39, 0.29) is 0 Å². The van der Waals surface area contributed by atoms with Crippen molar-refractivity contribution in [1.82, 2.24) is 9.55 Å². The molecular formula is C10H14IN2. The summed E-state index contributed by atoms with van der Waals surface area (Å²) in [5, 5.41) is 0. The number of aryl methyl sites for hydroxylation is 1. The lowest BCUT2D eigenvalue weighted by molar-refractivity contribution is 0.759. The van der Waals surface area contributed by atoms with E-state index in [9.17, 15) is 0 Å². The maximum Gasteiger partial charge on any atom is 0.122 e. The van der Waals surface area contributed by atoms with Gasteiger partial charge in [0, 0.05) is 7.05 Å². The smallest absolute Gasteiger partial charge is 0.122 e. The van der Waals surface area contributed by atoms with E-state index >= 15 is 0 Å². The van der Waals surface area contributed by atoms with Crippen LogP contribution >= 0.6 is 22.6 Å². The highest BCUT2D eigenvalue weighted by atomic mass is 127. The summed E-state index contributed by atoms with van der Waals surface area (Å²) in [5.41, 5.74) is 1.39. The molecule has 0 bridgehead atoms. The van der Waals surface area contributed by atoms with E-state index in [0.717, 1.165) is 6.42 Å². The molecule has 0 spiro atoms. The zero-order chi connectivity index (χ0) is 9.26. The second-order valence-electron chi connectivity index (χ2n) is 3.73. The summed E-state index contributed by atoms with van der Waals surface area (Å²) in [4.78, 5) is 4.29. The molecule has 0 aliphatic heterocycles. The SMILES string of the molecule is Cn1cnc(I)c1C[C]1CCCC1. The third-order valence-corrected chi connectivity index (χ3v) is 3.64. The van der Waals surface area contributed by atoms with E-state index in [4.69, 9.17) is 0 Å². The highest BCUT2D eigenvalue weighted by Crippen LogP contribution is 2.30. The van der Waals surface area contributed by atoms with Gasteiger partial charge in [0.05, 0.1) is 12.0 Å². The predicted octanol–water partition coefficient (Wildman–Crippen LogP) is 2.72. The van der Waals surface area contributed by atoms with E-state index < -0.39 is 0 Å². The van der Waals surface area contributed by atoms with Crippen LogP contribution in [0.5, 0.6) is 0 Å². The number of halogens is 1. The Morgan fingerprint density at radius 2 is 2.15 bits per heavy atom. The van der Waals surface area contributed by atoms with Gasteiger partial charge in [-0.1, -0.05) is 12.8 Å². The number of aromatic nitrogens is 2. The van der Waals surface area contributed by atoms with Crippen molar-refractivity contribution >= 4 is 22.6 Å². The summed E-state index contributed by atoms with van der Waals surface area (Å²) in [5.74, 6) is 1.71. The van der Waals surface area contributed by atoms with E-state index in [1.54, 1.807) is 5.92 Å². The van der Waals surface area contributed by atoms with E-state index in [2.05, 4.69) is 39.2 Å². The average molecular weight is 289 g/mol. The Labute approximate surface area is 92.9 Å². The molecule has 71 valence electrons. The summed E-state index contributed by atoms with van der Waals surface area (Å²) in [6.07, 6.45) is 8.51. The largest absolute Gasteiger partial charge is 0.337 e. The molecule has 2 nitrogen and oxygen atoms in total. The summed E-state index contributed by atoms with van der Waals surface area (Å²) in [6.45, 7) is 0. The van der Waals surface area contributed by atoms with E-state index in [1.165, 1.54) is 35.1 Å². The van der Waals surface area contributed by atoms with Gasteiger partial charge in [0.15, 0.2) is 0 Å². The fourth-order valence-electron chi connectivity index (χ4n) is 1.91. The molecule has 1 aliphatic carbocycles. The quantitative estimate of drug-likeness (QED) is 0.765. The second-order valence-corrected chi connectivity index (χ2v) is 4.75. The van der Waals surface area contributed by atoms with Crippen molar-refractivity contribution in [3.63, 3.8) is 0 Å². The fourth-order valence-corrected chi connectivity index (χ4v) is 2.61. The van der Waals surface area contributed by atoms with Gasteiger partial charge >= 0.3 is 0 Å². The third kappa shape index (κ3) is 2.06. The van der Waals surface area contributed by atoms with Crippen molar-refractivity contribution in [3.8, 4) is 0 Å². The first-order chi connectivity index (χ1) is 6.27. The maximum absolute atomic E-state index is 4.29. The molecule has 13 heavy (non-hydrogen) atoms. The van der Waals surface area contributed by atoms with Gasteiger partial charge in [-0.2, -0.15) is 0 Å². The van der Waals surface area contributed by atoms with Gasteiger partial charge in [-0.25, -0.2) is 4.98 Å². The lowest BCUT2D eigenvalue weighted by Crippen LogP contribution is -2.03. The molecule has 1 fully saturated rings. The van der Waals surface area contributed by atoms with Gasteiger partial charge in [0.2, 0.25) is 0 Å².